The predicted octanol–water partition coefficient (Wildman–Crippen LogP) is 2.60. The van der Waals surface area contributed by atoms with Gasteiger partial charge in [0.05, 0.1) is 6.04 Å². The second-order valence-electron chi connectivity index (χ2n) is 6.92. The third-order valence-electron chi connectivity index (χ3n) is 3.87. The summed E-state index contributed by atoms with van der Waals surface area (Å²) in [5, 5.41) is 10.7. The van der Waals surface area contributed by atoms with Gasteiger partial charge in [-0.15, -0.1) is 0 Å². The Labute approximate surface area is 148 Å². The van der Waals surface area contributed by atoms with Crippen molar-refractivity contribution in [2.45, 2.75) is 44.6 Å². The number of carbonyl (C=O) groups is 1. The zero-order valence-electron chi connectivity index (χ0n) is 15.4. The van der Waals surface area contributed by atoms with Gasteiger partial charge in [0.15, 0.2) is 0 Å². The summed E-state index contributed by atoms with van der Waals surface area (Å²) in [7, 11) is 3.00. The van der Waals surface area contributed by atoms with E-state index in [9.17, 15) is 9.90 Å². The average Bonchev–Trinajstić information content (AvgIpc) is 2.81. The van der Waals surface area contributed by atoms with Crippen LogP contribution in [0, 0.1) is 0 Å². The van der Waals surface area contributed by atoms with Crippen LogP contribution in [0.2, 0.25) is 0 Å². The zero-order chi connectivity index (χ0) is 18.6. The molecule has 3 atom stereocenters. The van der Waals surface area contributed by atoms with Gasteiger partial charge in [-0.25, -0.2) is 4.79 Å². The standard InChI is InChI=1S/C18H27NO6/c1-18(2,3)25-17(21)19(10-22-4)14-12-8-6-7-9-13(12)15(20)16(14)24-11-23-5/h6-9,14-16,20H,10-11H2,1-5H3/t14-,15?,16+/m1/s1. The number of nitrogens with zero attached hydrogens (tertiary/aromatic N) is 1. The fourth-order valence-electron chi connectivity index (χ4n) is 2.96. The van der Waals surface area contributed by atoms with Gasteiger partial charge in [0, 0.05) is 14.2 Å². The van der Waals surface area contributed by atoms with E-state index >= 15 is 0 Å². The van der Waals surface area contributed by atoms with Crippen molar-refractivity contribution in [2.75, 3.05) is 27.7 Å². The number of aliphatic hydroxyl groups is 1. The van der Waals surface area contributed by atoms with Crippen LogP contribution in [-0.4, -0.2) is 55.5 Å². The number of ether oxygens (including phenoxy) is 4. The molecule has 0 saturated carbocycles. The Morgan fingerprint density at radius 1 is 1.16 bits per heavy atom. The maximum atomic E-state index is 12.7. The van der Waals surface area contributed by atoms with Crippen LogP contribution in [0.15, 0.2) is 24.3 Å². The predicted molar refractivity (Wildman–Crippen MR) is 90.8 cm³/mol. The van der Waals surface area contributed by atoms with Gasteiger partial charge in [0.1, 0.15) is 31.3 Å². The van der Waals surface area contributed by atoms with Crippen LogP contribution in [0.1, 0.15) is 44.0 Å². The molecule has 0 aromatic heterocycles. The largest absolute Gasteiger partial charge is 0.444 e. The van der Waals surface area contributed by atoms with Gasteiger partial charge in [-0.05, 0) is 31.9 Å². The average molecular weight is 353 g/mol. The first-order valence-electron chi connectivity index (χ1n) is 8.16. The number of carbonyl (C=O) groups excluding carboxylic acids is 1. The van der Waals surface area contributed by atoms with Crippen molar-refractivity contribution in [3.8, 4) is 0 Å². The molecule has 0 bridgehead atoms. The lowest BCUT2D eigenvalue weighted by atomic mass is 10.1. The topological polar surface area (TPSA) is 77.5 Å². The highest BCUT2D eigenvalue weighted by Crippen LogP contribution is 2.44. The highest BCUT2D eigenvalue weighted by molar-refractivity contribution is 5.69. The minimum atomic E-state index is -0.877. The maximum Gasteiger partial charge on any atom is 0.412 e. The molecular weight excluding hydrogens is 326 g/mol. The smallest absolute Gasteiger partial charge is 0.412 e. The first-order chi connectivity index (χ1) is 11.8. The van der Waals surface area contributed by atoms with E-state index in [2.05, 4.69) is 0 Å². The maximum absolute atomic E-state index is 12.7. The van der Waals surface area contributed by atoms with Crippen molar-refractivity contribution in [1.29, 1.82) is 0 Å². The highest BCUT2D eigenvalue weighted by Gasteiger charge is 2.46. The molecule has 2 rings (SSSR count). The third-order valence-corrected chi connectivity index (χ3v) is 3.87. The number of fused-ring (bicyclic) bond motifs is 1. The number of hydrogen-bond acceptors (Lipinski definition) is 6. The lowest BCUT2D eigenvalue weighted by Gasteiger charge is -2.34. The first kappa shape index (κ1) is 19.7. The number of methoxy groups -OCH3 is 2. The van der Waals surface area contributed by atoms with E-state index in [4.69, 9.17) is 18.9 Å². The molecule has 1 aliphatic rings. The fourth-order valence-corrected chi connectivity index (χ4v) is 2.96. The molecule has 1 N–H and O–H groups in total. The van der Waals surface area contributed by atoms with E-state index in [0.29, 0.717) is 0 Å². The van der Waals surface area contributed by atoms with Gasteiger partial charge in [-0.1, -0.05) is 24.3 Å². The number of hydrogen-bond donors (Lipinski definition) is 1. The van der Waals surface area contributed by atoms with Crippen molar-refractivity contribution < 1.29 is 28.8 Å². The summed E-state index contributed by atoms with van der Waals surface area (Å²) >= 11 is 0. The quantitative estimate of drug-likeness (QED) is 0.792. The summed E-state index contributed by atoms with van der Waals surface area (Å²) < 4.78 is 21.4. The second-order valence-corrected chi connectivity index (χ2v) is 6.92. The van der Waals surface area contributed by atoms with E-state index in [1.165, 1.54) is 19.1 Å². The van der Waals surface area contributed by atoms with Crippen LogP contribution in [0.5, 0.6) is 0 Å². The van der Waals surface area contributed by atoms with Crippen molar-refractivity contribution >= 4 is 6.09 Å². The fraction of sp³-hybridized carbons (Fsp3) is 0.611. The molecule has 0 fully saturated rings. The minimum Gasteiger partial charge on any atom is -0.444 e. The minimum absolute atomic E-state index is 0.00135. The molecule has 0 radical (unpaired) electrons. The Hall–Kier alpha value is -1.67. The van der Waals surface area contributed by atoms with Crippen LogP contribution in [0.3, 0.4) is 0 Å². The molecule has 0 aliphatic heterocycles. The summed E-state index contributed by atoms with van der Waals surface area (Å²) in [4.78, 5) is 14.2. The molecule has 7 nitrogen and oxygen atoms in total. The number of benzene rings is 1. The number of rotatable bonds is 6. The van der Waals surface area contributed by atoms with Gasteiger partial charge in [-0.2, -0.15) is 0 Å². The molecule has 0 spiro atoms. The van der Waals surface area contributed by atoms with Crippen molar-refractivity contribution in [2.24, 2.45) is 0 Å². The van der Waals surface area contributed by atoms with Crippen LogP contribution in [-0.2, 0) is 18.9 Å². The Morgan fingerprint density at radius 2 is 1.80 bits per heavy atom. The van der Waals surface area contributed by atoms with Gasteiger partial charge in [0.25, 0.3) is 0 Å². The highest BCUT2D eigenvalue weighted by atomic mass is 16.7. The molecule has 1 aliphatic carbocycles. The lowest BCUT2D eigenvalue weighted by Crippen LogP contribution is -2.44. The van der Waals surface area contributed by atoms with Crippen molar-refractivity contribution in [3.63, 3.8) is 0 Å². The summed E-state index contributed by atoms with van der Waals surface area (Å²) in [6, 6.07) is 6.84. The van der Waals surface area contributed by atoms with E-state index in [1.54, 1.807) is 20.8 Å². The third kappa shape index (κ3) is 4.49. The molecule has 7 heteroatoms. The van der Waals surface area contributed by atoms with Gasteiger partial charge in [0.2, 0.25) is 0 Å². The molecule has 1 aromatic rings. The molecule has 0 heterocycles. The molecule has 0 saturated heterocycles. The van der Waals surface area contributed by atoms with E-state index < -0.39 is 29.9 Å². The molecule has 25 heavy (non-hydrogen) atoms. The molecule has 140 valence electrons. The van der Waals surface area contributed by atoms with E-state index in [1.807, 2.05) is 24.3 Å². The second kappa shape index (κ2) is 8.14. The number of aliphatic hydroxyl groups excluding tert-OH is 1. The molecule has 1 unspecified atom stereocenters. The Bertz CT molecular complexity index is 585. The normalized spacial score (nSPS) is 22.6. The van der Waals surface area contributed by atoms with E-state index in [0.717, 1.165) is 11.1 Å². The lowest BCUT2D eigenvalue weighted by molar-refractivity contribution is -0.139. The summed E-state index contributed by atoms with van der Waals surface area (Å²) in [5.41, 5.74) is 0.875. The Kier molecular flexibility index (Phi) is 6.40. The summed E-state index contributed by atoms with van der Waals surface area (Å²) in [6.07, 6.45) is -2.09. The van der Waals surface area contributed by atoms with Gasteiger partial charge < -0.3 is 24.1 Å². The van der Waals surface area contributed by atoms with Crippen LogP contribution in [0.4, 0.5) is 4.79 Å². The van der Waals surface area contributed by atoms with Crippen LogP contribution in [0.25, 0.3) is 0 Å². The van der Waals surface area contributed by atoms with Gasteiger partial charge >= 0.3 is 6.09 Å². The van der Waals surface area contributed by atoms with Crippen LogP contribution >= 0.6 is 0 Å². The summed E-state index contributed by atoms with van der Waals surface area (Å²) in [6.45, 7) is 5.40. The first-order valence-corrected chi connectivity index (χ1v) is 8.16. The Balaban J connectivity index is 2.38. The van der Waals surface area contributed by atoms with Crippen molar-refractivity contribution in [3.05, 3.63) is 35.4 Å². The van der Waals surface area contributed by atoms with Gasteiger partial charge in [-0.3, -0.25) is 4.90 Å². The number of amides is 1. The monoisotopic (exact) mass is 353 g/mol. The van der Waals surface area contributed by atoms with Crippen molar-refractivity contribution in [1.82, 2.24) is 4.90 Å². The Morgan fingerprint density at radius 3 is 2.36 bits per heavy atom. The SMILES string of the molecule is COCO[C@@H]1C(O)c2ccccc2[C@H]1N(COC)C(=O)OC(C)(C)C. The molecular formula is C18H27NO6. The van der Waals surface area contributed by atoms with E-state index in [-0.39, 0.29) is 13.5 Å². The van der Waals surface area contributed by atoms with Crippen LogP contribution < -0.4 is 0 Å². The molecule has 1 aromatic carbocycles. The summed E-state index contributed by atoms with van der Waals surface area (Å²) in [5.74, 6) is 0. The molecule has 1 amide bonds. The zero-order valence-corrected chi connectivity index (χ0v) is 15.4.